The monoisotopic (exact) mass is 385 g/mol. The molecule has 4 nitrogen and oxygen atoms in total. The van der Waals surface area contributed by atoms with Gasteiger partial charge in [0.2, 0.25) is 0 Å². The molecule has 0 saturated heterocycles. The van der Waals surface area contributed by atoms with E-state index in [0.717, 1.165) is 14.6 Å². The van der Waals surface area contributed by atoms with E-state index in [-0.39, 0.29) is 5.91 Å². The second kappa shape index (κ2) is 5.88. The van der Waals surface area contributed by atoms with Gasteiger partial charge in [-0.2, -0.15) is 5.10 Å². The van der Waals surface area contributed by atoms with Gasteiger partial charge in [-0.05, 0) is 40.0 Å². The summed E-state index contributed by atoms with van der Waals surface area (Å²) in [5.41, 5.74) is 1.55. The number of halogens is 2. The van der Waals surface area contributed by atoms with Gasteiger partial charge in [-0.25, -0.2) is 0 Å². The van der Waals surface area contributed by atoms with Crippen molar-refractivity contribution in [1.82, 2.24) is 10.2 Å². The summed E-state index contributed by atoms with van der Waals surface area (Å²) < 4.78 is 1.60. The first kappa shape index (κ1) is 14.3. The summed E-state index contributed by atoms with van der Waals surface area (Å²) in [5, 5.41) is 9.74. The third kappa shape index (κ3) is 3.45. The maximum absolute atomic E-state index is 12.2. The number of aromatic nitrogens is 2. The summed E-state index contributed by atoms with van der Waals surface area (Å²) in [7, 11) is 0. The lowest BCUT2D eigenvalue weighted by Crippen LogP contribution is -2.12. The van der Waals surface area contributed by atoms with E-state index in [9.17, 15) is 4.79 Å². The number of nitrogens with zero attached hydrogens (tertiary/aromatic N) is 1. The maximum atomic E-state index is 12.2. The van der Waals surface area contributed by atoms with E-state index in [1.807, 2.05) is 18.2 Å². The molecule has 0 radical (unpaired) electrons. The lowest BCUT2D eigenvalue weighted by molar-refractivity contribution is 0.102. The van der Waals surface area contributed by atoms with Gasteiger partial charge in [-0.3, -0.25) is 9.89 Å². The van der Waals surface area contributed by atoms with Gasteiger partial charge >= 0.3 is 0 Å². The van der Waals surface area contributed by atoms with Crippen LogP contribution in [0.1, 0.15) is 35.8 Å². The van der Waals surface area contributed by atoms with Crippen LogP contribution in [0.2, 0.25) is 0 Å². The molecule has 0 fully saturated rings. The van der Waals surface area contributed by atoms with Crippen LogP contribution in [-0.4, -0.2) is 16.1 Å². The number of amides is 1. The van der Waals surface area contributed by atoms with Crippen molar-refractivity contribution >= 4 is 43.6 Å². The van der Waals surface area contributed by atoms with Crippen LogP contribution in [-0.2, 0) is 0 Å². The van der Waals surface area contributed by atoms with Crippen molar-refractivity contribution in [2.45, 2.75) is 19.8 Å². The zero-order valence-corrected chi connectivity index (χ0v) is 13.7. The Bertz CT molecular complexity index is 608. The fraction of sp³-hybridized carbons (Fsp3) is 0.231. The zero-order chi connectivity index (χ0) is 14.0. The highest BCUT2D eigenvalue weighted by molar-refractivity contribution is 9.11. The highest BCUT2D eigenvalue weighted by Gasteiger charge is 2.13. The van der Waals surface area contributed by atoms with Gasteiger partial charge in [0.25, 0.3) is 5.91 Å². The molecule has 6 heteroatoms. The molecule has 19 heavy (non-hydrogen) atoms. The molecule has 2 N–H and O–H groups in total. The molecule has 1 amide bonds. The number of carbonyl (C=O) groups excluding carboxylic acids is 1. The predicted octanol–water partition coefficient (Wildman–Crippen LogP) is 4.31. The van der Waals surface area contributed by atoms with Crippen LogP contribution >= 0.6 is 31.9 Å². The number of carbonyl (C=O) groups is 1. The average molecular weight is 387 g/mol. The van der Waals surface area contributed by atoms with Crippen LogP contribution < -0.4 is 5.32 Å². The second-order valence-electron chi connectivity index (χ2n) is 4.44. The van der Waals surface area contributed by atoms with Crippen LogP contribution in [0.25, 0.3) is 0 Å². The summed E-state index contributed by atoms with van der Waals surface area (Å²) in [6.07, 6.45) is 0. The number of hydrogen-bond donors (Lipinski definition) is 2. The molecule has 0 unspecified atom stereocenters. The van der Waals surface area contributed by atoms with Crippen LogP contribution in [0.3, 0.4) is 0 Å². The lowest BCUT2D eigenvalue weighted by atomic mass is 10.1. The second-order valence-corrected chi connectivity index (χ2v) is 6.21. The smallest absolute Gasteiger partial charge is 0.258 e. The van der Waals surface area contributed by atoms with Crippen LogP contribution in [0.4, 0.5) is 5.82 Å². The Morgan fingerprint density at radius 3 is 2.68 bits per heavy atom. The quantitative estimate of drug-likeness (QED) is 0.825. The van der Waals surface area contributed by atoms with Crippen molar-refractivity contribution in [3.05, 3.63) is 44.5 Å². The van der Waals surface area contributed by atoms with Gasteiger partial charge in [0.05, 0.1) is 5.56 Å². The Morgan fingerprint density at radius 1 is 1.32 bits per heavy atom. The van der Waals surface area contributed by atoms with Crippen molar-refractivity contribution in [1.29, 1.82) is 0 Å². The highest BCUT2D eigenvalue weighted by atomic mass is 79.9. The van der Waals surface area contributed by atoms with E-state index >= 15 is 0 Å². The molecule has 2 aromatic rings. The molecule has 1 aromatic heterocycles. The van der Waals surface area contributed by atoms with E-state index < -0.39 is 0 Å². The topological polar surface area (TPSA) is 57.8 Å². The van der Waals surface area contributed by atoms with E-state index in [0.29, 0.717) is 17.3 Å². The molecule has 1 aromatic carbocycles. The van der Waals surface area contributed by atoms with Gasteiger partial charge < -0.3 is 5.32 Å². The number of H-pyrrole nitrogens is 1. The van der Waals surface area contributed by atoms with E-state index in [2.05, 4.69) is 61.2 Å². The largest absolute Gasteiger partial charge is 0.305 e. The summed E-state index contributed by atoms with van der Waals surface area (Å²) in [5.74, 6) is 0.673. The summed E-state index contributed by atoms with van der Waals surface area (Å²) in [6.45, 7) is 4.12. The Labute approximate surface area is 128 Å². The Balaban J connectivity index is 2.18. The van der Waals surface area contributed by atoms with Crippen molar-refractivity contribution in [3.63, 3.8) is 0 Å². The first-order chi connectivity index (χ1) is 8.97. The fourth-order valence-electron chi connectivity index (χ4n) is 1.55. The number of rotatable bonds is 3. The van der Waals surface area contributed by atoms with Gasteiger partial charge in [0.1, 0.15) is 0 Å². The van der Waals surface area contributed by atoms with E-state index in [1.54, 1.807) is 6.07 Å². The predicted molar refractivity (Wildman–Crippen MR) is 82.5 cm³/mol. The van der Waals surface area contributed by atoms with Crippen molar-refractivity contribution in [2.75, 3.05) is 5.32 Å². The van der Waals surface area contributed by atoms with Crippen LogP contribution in [0, 0.1) is 0 Å². The molecule has 0 spiro atoms. The molecular formula is C13H13Br2N3O. The number of aromatic amines is 1. The van der Waals surface area contributed by atoms with Crippen molar-refractivity contribution in [2.24, 2.45) is 0 Å². The highest BCUT2D eigenvalue weighted by Crippen LogP contribution is 2.23. The first-order valence-corrected chi connectivity index (χ1v) is 7.37. The Hall–Kier alpha value is -1.14. The van der Waals surface area contributed by atoms with Gasteiger partial charge in [-0.1, -0.05) is 29.8 Å². The van der Waals surface area contributed by atoms with Crippen LogP contribution in [0.5, 0.6) is 0 Å². The molecule has 1 heterocycles. The Morgan fingerprint density at radius 2 is 2.05 bits per heavy atom. The molecule has 0 bridgehead atoms. The average Bonchev–Trinajstić information content (AvgIpc) is 2.80. The summed E-state index contributed by atoms with van der Waals surface area (Å²) in [4.78, 5) is 12.2. The van der Waals surface area contributed by atoms with Gasteiger partial charge in [-0.15, -0.1) is 0 Å². The number of benzene rings is 1. The molecule has 0 aliphatic rings. The molecule has 100 valence electrons. The molecule has 0 saturated carbocycles. The molecule has 0 aliphatic carbocycles. The summed E-state index contributed by atoms with van der Waals surface area (Å²) in [6, 6.07) is 7.29. The van der Waals surface area contributed by atoms with E-state index in [4.69, 9.17) is 0 Å². The number of nitrogens with one attached hydrogen (secondary N) is 2. The number of hydrogen-bond acceptors (Lipinski definition) is 2. The minimum absolute atomic E-state index is 0.199. The maximum Gasteiger partial charge on any atom is 0.258 e. The third-order valence-electron chi connectivity index (χ3n) is 2.63. The fourth-order valence-corrected chi connectivity index (χ4v) is 2.34. The molecular weight excluding hydrogens is 374 g/mol. The zero-order valence-electron chi connectivity index (χ0n) is 10.5. The molecule has 0 atom stereocenters. The minimum atomic E-state index is -0.199. The van der Waals surface area contributed by atoms with Gasteiger partial charge in [0.15, 0.2) is 5.82 Å². The van der Waals surface area contributed by atoms with Crippen molar-refractivity contribution in [3.8, 4) is 0 Å². The number of anilines is 1. The summed E-state index contributed by atoms with van der Waals surface area (Å²) >= 11 is 6.71. The Kier molecular flexibility index (Phi) is 4.42. The first-order valence-electron chi connectivity index (χ1n) is 5.79. The SMILES string of the molecule is CC(C)c1cc(NC(=O)c2cc(Br)ccc2Br)n[nH]1. The standard InChI is InChI=1S/C13H13Br2N3O/c1-7(2)11-6-12(18-17-11)16-13(19)9-5-8(14)3-4-10(9)15/h3-7H,1-2H3,(H2,16,17,18,19). The third-order valence-corrected chi connectivity index (χ3v) is 3.82. The molecule has 0 aliphatic heterocycles. The van der Waals surface area contributed by atoms with Crippen molar-refractivity contribution < 1.29 is 4.79 Å². The lowest BCUT2D eigenvalue weighted by Gasteiger charge is -2.04. The molecule has 2 rings (SSSR count). The normalized spacial score (nSPS) is 10.8. The van der Waals surface area contributed by atoms with E-state index in [1.165, 1.54) is 0 Å². The van der Waals surface area contributed by atoms with Crippen LogP contribution in [0.15, 0.2) is 33.2 Å². The van der Waals surface area contributed by atoms with Gasteiger partial charge in [0, 0.05) is 20.7 Å². The minimum Gasteiger partial charge on any atom is -0.305 e.